The minimum absolute atomic E-state index is 0.398. The molecule has 0 fully saturated rings. The number of rotatable bonds is 2. The Kier molecular flexibility index (Phi) is 1.51. The van der Waals surface area contributed by atoms with Gasteiger partial charge in [-0.05, 0) is 0 Å². The van der Waals surface area contributed by atoms with Crippen molar-refractivity contribution in [3.8, 4) is 0 Å². The zero-order valence-corrected chi connectivity index (χ0v) is 6.21. The molecule has 0 aliphatic heterocycles. The summed E-state index contributed by atoms with van der Waals surface area (Å²) in [5.41, 5.74) is 5.37. The van der Waals surface area contributed by atoms with Gasteiger partial charge in [0.05, 0.1) is 12.4 Å². The maximum Gasteiger partial charge on any atom is 0.165 e. The van der Waals surface area contributed by atoms with Gasteiger partial charge in [0.2, 0.25) is 0 Å². The highest BCUT2D eigenvalue weighted by Crippen LogP contribution is 2.00. The second kappa shape index (κ2) is 2.65. The molecule has 0 spiro atoms. The number of hydrogen-bond acceptors (Lipinski definition) is 5. The van der Waals surface area contributed by atoms with Gasteiger partial charge in [-0.15, -0.1) is 5.10 Å². The minimum Gasteiger partial charge on any atom is -0.381 e. The van der Waals surface area contributed by atoms with Crippen LogP contribution in [0.2, 0.25) is 0 Å². The Labute approximate surface area is 68.0 Å². The van der Waals surface area contributed by atoms with Crippen LogP contribution in [-0.4, -0.2) is 20.2 Å². The molecule has 2 aromatic rings. The zero-order chi connectivity index (χ0) is 8.39. The molecular formula is C6H7N5O. The van der Waals surface area contributed by atoms with E-state index >= 15 is 0 Å². The van der Waals surface area contributed by atoms with Crippen LogP contribution in [0.1, 0.15) is 5.76 Å². The molecule has 0 saturated carbocycles. The normalized spacial score (nSPS) is 10.3. The number of nitrogens with two attached hydrogens (primary N) is 1. The van der Waals surface area contributed by atoms with Crippen LogP contribution in [-0.2, 0) is 6.54 Å². The van der Waals surface area contributed by atoms with Gasteiger partial charge in [0.25, 0.3) is 0 Å². The van der Waals surface area contributed by atoms with Crippen LogP contribution in [0.15, 0.2) is 23.0 Å². The van der Waals surface area contributed by atoms with Crippen LogP contribution in [0.4, 0.5) is 5.82 Å². The molecular weight excluding hydrogens is 158 g/mol. The van der Waals surface area contributed by atoms with Gasteiger partial charge in [0.1, 0.15) is 6.54 Å². The molecule has 0 bridgehead atoms. The van der Waals surface area contributed by atoms with E-state index in [2.05, 4.69) is 15.5 Å². The average molecular weight is 165 g/mol. The monoisotopic (exact) mass is 165 g/mol. The third kappa shape index (κ3) is 1.26. The molecule has 0 aliphatic rings. The first-order chi connectivity index (χ1) is 5.84. The molecule has 0 atom stereocenters. The van der Waals surface area contributed by atoms with Crippen molar-refractivity contribution in [1.82, 2.24) is 20.2 Å². The third-order valence-corrected chi connectivity index (χ3v) is 1.37. The standard InChI is InChI=1S/C6H7N5O/c7-6-4-11(10-9-6)3-5-1-2-8-12-5/h1-2,4H,3,7H2. The van der Waals surface area contributed by atoms with E-state index in [9.17, 15) is 0 Å². The summed E-state index contributed by atoms with van der Waals surface area (Å²) in [6.45, 7) is 0.504. The van der Waals surface area contributed by atoms with Crippen molar-refractivity contribution in [3.63, 3.8) is 0 Å². The lowest BCUT2D eigenvalue weighted by molar-refractivity contribution is 0.370. The lowest BCUT2D eigenvalue weighted by atomic mass is 10.5. The van der Waals surface area contributed by atoms with Crippen molar-refractivity contribution in [1.29, 1.82) is 0 Å². The van der Waals surface area contributed by atoms with Gasteiger partial charge in [-0.25, -0.2) is 4.68 Å². The fraction of sp³-hybridized carbons (Fsp3) is 0.167. The van der Waals surface area contributed by atoms with E-state index in [4.69, 9.17) is 10.3 Å². The van der Waals surface area contributed by atoms with Gasteiger partial charge in [-0.1, -0.05) is 10.4 Å². The van der Waals surface area contributed by atoms with Crippen LogP contribution in [0.5, 0.6) is 0 Å². The van der Waals surface area contributed by atoms with Crippen molar-refractivity contribution in [2.75, 3.05) is 5.73 Å². The van der Waals surface area contributed by atoms with Gasteiger partial charge in [0, 0.05) is 6.07 Å². The van der Waals surface area contributed by atoms with Gasteiger partial charge < -0.3 is 10.3 Å². The molecule has 6 heteroatoms. The maximum atomic E-state index is 5.37. The van der Waals surface area contributed by atoms with Gasteiger partial charge in [0.15, 0.2) is 11.6 Å². The molecule has 0 aromatic carbocycles. The molecule has 2 aromatic heterocycles. The first-order valence-corrected chi connectivity index (χ1v) is 3.40. The van der Waals surface area contributed by atoms with Gasteiger partial charge in [-0.3, -0.25) is 0 Å². The highest BCUT2D eigenvalue weighted by atomic mass is 16.5. The molecule has 0 unspecified atom stereocenters. The highest BCUT2D eigenvalue weighted by Gasteiger charge is 2.00. The summed E-state index contributed by atoms with van der Waals surface area (Å²) in [5.74, 6) is 1.12. The van der Waals surface area contributed by atoms with Crippen LogP contribution in [0.3, 0.4) is 0 Å². The van der Waals surface area contributed by atoms with Gasteiger partial charge >= 0.3 is 0 Å². The van der Waals surface area contributed by atoms with Crippen molar-refractivity contribution in [3.05, 3.63) is 24.2 Å². The Morgan fingerprint density at radius 1 is 1.58 bits per heavy atom. The van der Waals surface area contributed by atoms with E-state index in [0.29, 0.717) is 12.4 Å². The Hall–Kier alpha value is -1.85. The fourth-order valence-electron chi connectivity index (χ4n) is 0.874. The molecule has 0 amide bonds. The third-order valence-electron chi connectivity index (χ3n) is 1.37. The highest BCUT2D eigenvalue weighted by molar-refractivity contribution is 5.20. The van der Waals surface area contributed by atoms with E-state index in [0.717, 1.165) is 5.76 Å². The molecule has 2 rings (SSSR count). The van der Waals surface area contributed by atoms with Crippen LogP contribution >= 0.6 is 0 Å². The number of anilines is 1. The van der Waals surface area contributed by atoms with Crippen molar-refractivity contribution >= 4 is 5.82 Å². The van der Waals surface area contributed by atoms with E-state index in [1.165, 1.54) is 0 Å². The summed E-state index contributed by atoms with van der Waals surface area (Å²) in [6.07, 6.45) is 3.21. The van der Waals surface area contributed by atoms with Crippen LogP contribution in [0, 0.1) is 0 Å². The topological polar surface area (TPSA) is 82.8 Å². The number of nitrogen functional groups attached to an aromatic ring is 1. The van der Waals surface area contributed by atoms with E-state index in [1.807, 2.05) is 0 Å². The Balaban J connectivity index is 2.14. The van der Waals surface area contributed by atoms with Crippen molar-refractivity contribution in [2.24, 2.45) is 0 Å². The van der Waals surface area contributed by atoms with Crippen molar-refractivity contribution in [2.45, 2.75) is 6.54 Å². The first-order valence-electron chi connectivity index (χ1n) is 3.40. The van der Waals surface area contributed by atoms with E-state index < -0.39 is 0 Å². The maximum absolute atomic E-state index is 5.37. The first kappa shape index (κ1) is 6.84. The summed E-state index contributed by atoms with van der Waals surface area (Å²) >= 11 is 0. The molecule has 62 valence electrons. The lowest BCUT2D eigenvalue weighted by Gasteiger charge is -1.92. The smallest absolute Gasteiger partial charge is 0.165 e. The largest absolute Gasteiger partial charge is 0.381 e. The quantitative estimate of drug-likeness (QED) is 0.671. The molecule has 2 N–H and O–H groups in total. The van der Waals surface area contributed by atoms with E-state index in [-0.39, 0.29) is 0 Å². The molecule has 6 nitrogen and oxygen atoms in total. The fourth-order valence-corrected chi connectivity index (χ4v) is 0.874. The zero-order valence-electron chi connectivity index (χ0n) is 6.21. The summed E-state index contributed by atoms with van der Waals surface area (Å²) in [5, 5.41) is 10.9. The van der Waals surface area contributed by atoms with Gasteiger partial charge in [-0.2, -0.15) is 0 Å². The molecule has 0 radical (unpaired) electrons. The Morgan fingerprint density at radius 2 is 2.50 bits per heavy atom. The van der Waals surface area contributed by atoms with E-state index in [1.54, 1.807) is 23.1 Å². The average Bonchev–Trinajstić information content (AvgIpc) is 2.63. The second-order valence-corrected chi connectivity index (χ2v) is 2.32. The Bertz CT molecular complexity index is 352. The summed E-state index contributed by atoms with van der Waals surface area (Å²) in [6, 6.07) is 1.76. The summed E-state index contributed by atoms with van der Waals surface area (Å²) in [4.78, 5) is 0. The predicted molar refractivity (Wildman–Crippen MR) is 40.0 cm³/mol. The summed E-state index contributed by atoms with van der Waals surface area (Å²) < 4.78 is 6.45. The molecule has 2 heterocycles. The van der Waals surface area contributed by atoms with Crippen LogP contribution < -0.4 is 5.73 Å². The minimum atomic E-state index is 0.398. The molecule has 0 saturated heterocycles. The molecule has 0 aliphatic carbocycles. The number of hydrogen-bond donors (Lipinski definition) is 1. The van der Waals surface area contributed by atoms with Crippen molar-refractivity contribution < 1.29 is 4.52 Å². The SMILES string of the molecule is Nc1cn(Cc2ccno2)nn1. The molecule has 12 heavy (non-hydrogen) atoms. The van der Waals surface area contributed by atoms with Crippen LogP contribution in [0.25, 0.3) is 0 Å². The number of nitrogens with zero attached hydrogens (tertiary/aromatic N) is 4. The summed E-state index contributed by atoms with van der Waals surface area (Å²) in [7, 11) is 0. The second-order valence-electron chi connectivity index (χ2n) is 2.32. The Morgan fingerprint density at radius 3 is 3.08 bits per heavy atom. The number of aromatic nitrogens is 4. The lowest BCUT2D eigenvalue weighted by Crippen LogP contribution is -1.98. The predicted octanol–water partition coefficient (Wildman–Crippen LogP) is -0.103.